The molecule has 0 saturated carbocycles. The highest BCUT2D eigenvalue weighted by molar-refractivity contribution is 7.92. The van der Waals surface area contributed by atoms with Crippen LogP contribution in [0.1, 0.15) is 10.4 Å². The number of carboxylic acid groups (broad SMARTS) is 1. The van der Waals surface area contributed by atoms with Crippen molar-refractivity contribution in [3.8, 4) is 5.75 Å². The molecule has 1 saturated heterocycles. The zero-order valence-electron chi connectivity index (χ0n) is 12.8. The summed E-state index contributed by atoms with van der Waals surface area (Å²) in [7, 11) is -3.55. The molecule has 0 aliphatic carbocycles. The Balaban J connectivity index is 2.18. The summed E-state index contributed by atoms with van der Waals surface area (Å²) < 4.78 is 30.4. The molecule has 0 amide bonds. The summed E-state index contributed by atoms with van der Waals surface area (Å²) in [5.41, 5.74) is -0.0290. The second-order valence-corrected chi connectivity index (χ2v) is 7.20. The molecular formula is C14H20N2O6S. The Hall–Kier alpha value is -1.84. The van der Waals surface area contributed by atoms with Crippen LogP contribution in [0.25, 0.3) is 0 Å². The number of ether oxygens (including phenoxy) is 1. The maximum absolute atomic E-state index is 12.0. The molecule has 0 atom stereocenters. The van der Waals surface area contributed by atoms with Crippen molar-refractivity contribution in [1.82, 2.24) is 4.90 Å². The maximum atomic E-state index is 12.0. The van der Waals surface area contributed by atoms with Crippen LogP contribution in [0.2, 0.25) is 0 Å². The molecule has 1 aliphatic heterocycles. The molecule has 2 N–H and O–H groups in total. The van der Waals surface area contributed by atoms with Crippen molar-refractivity contribution in [1.29, 1.82) is 0 Å². The number of sulfonamides is 1. The van der Waals surface area contributed by atoms with Gasteiger partial charge in [0.1, 0.15) is 11.3 Å². The minimum atomic E-state index is -3.55. The number of aromatic carboxylic acids is 1. The molecule has 1 fully saturated rings. The van der Waals surface area contributed by atoms with Gasteiger partial charge < -0.3 is 14.9 Å². The minimum Gasteiger partial charge on any atom is -0.507 e. The van der Waals surface area contributed by atoms with E-state index in [1.165, 1.54) is 12.1 Å². The molecule has 0 bridgehead atoms. The van der Waals surface area contributed by atoms with Crippen LogP contribution in [0.3, 0.4) is 0 Å². The molecule has 8 nitrogen and oxygen atoms in total. The number of hydrogen-bond donors (Lipinski definition) is 2. The van der Waals surface area contributed by atoms with Gasteiger partial charge in [-0.05, 0) is 12.1 Å². The van der Waals surface area contributed by atoms with Crippen LogP contribution in [0.4, 0.5) is 5.69 Å². The fraction of sp³-hybridized carbons (Fsp3) is 0.500. The lowest BCUT2D eigenvalue weighted by Gasteiger charge is -2.30. The molecule has 1 aromatic carbocycles. The molecule has 128 valence electrons. The average Bonchev–Trinajstić information content (AvgIpc) is 2.47. The summed E-state index contributed by atoms with van der Waals surface area (Å²) in [5.74, 6) is -1.73. The minimum absolute atomic E-state index is 0.213. The number of carboxylic acids is 1. The molecule has 2 rings (SSSR count). The number of morpholine rings is 1. The second-order valence-electron chi connectivity index (χ2n) is 5.30. The van der Waals surface area contributed by atoms with Crippen molar-refractivity contribution in [2.45, 2.75) is 0 Å². The Labute approximate surface area is 134 Å². The highest BCUT2D eigenvalue weighted by atomic mass is 32.2. The van der Waals surface area contributed by atoms with E-state index in [1.54, 1.807) is 0 Å². The van der Waals surface area contributed by atoms with Gasteiger partial charge in [-0.25, -0.2) is 13.2 Å². The van der Waals surface area contributed by atoms with Crippen molar-refractivity contribution in [3.05, 3.63) is 23.8 Å². The Kier molecular flexibility index (Phi) is 5.45. The quantitative estimate of drug-likeness (QED) is 0.758. The van der Waals surface area contributed by atoms with Crippen molar-refractivity contribution < 1.29 is 28.2 Å². The number of carbonyl (C=O) groups is 1. The molecular weight excluding hydrogens is 324 g/mol. The van der Waals surface area contributed by atoms with Crippen LogP contribution in [-0.4, -0.2) is 75.1 Å². The Morgan fingerprint density at radius 2 is 2.00 bits per heavy atom. The molecule has 0 radical (unpaired) electrons. The van der Waals surface area contributed by atoms with Gasteiger partial charge in [0.25, 0.3) is 0 Å². The van der Waals surface area contributed by atoms with Crippen LogP contribution in [0.5, 0.6) is 5.75 Å². The fourth-order valence-corrected chi connectivity index (χ4v) is 3.31. The first-order valence-electron chi connectivity index (χ1n) is 7.13. The van der Waals surface area contributed by atoms with Gasteiger partial charge in [-0.3, -0.25) is 9.21 Å². The van der Waals surface area contributed by atoms with Gasteiger partial charge in [0.05, 0.1) is 25.2 Å². The first-order valence-corrected chi connectivity index (χ1v) is 8.98. The van der Waals surface area contributed by atoms with E-state index >= 15 is 0 Å². The lowest BCUT2D eigenvalue weighted by atomic mass is 10.2. The maximum Gasteiger partial charge on any atom is 0.339 e. The summed E-state index contributed by atoms with van der Waals surface area (Å²) in [5, 5.41) is 18.7. The normalized spacial score (nSPS) is 16.2. The van der Waals surface area contributed by atoms with Crippen molar-refractivity contribution >= 4 is 21.7 Å². The number of benzene rings is 1. The highest BCUT2D eigenvalue weighted by Gasteiger charge is 2.21. The van der Waals surface area contributed by atoms with Crippen molar-refractivity contribution in [2.75, 3.05) is 50.0 Å². The van der Waals surface area contributed by atoms with Crippen LogP contribution in [0.15, 0.2) is 18.2 Å². The Morgan fingerprint density at radius 3 is 2.52 bits per heavy atom. The number of rotatable bonds is 6. The van der Waals surface area contributed by atoms with E-state index < -0.39 is 21.7 Å². The second kappa shape index (κ2) is 7.16. The van der Waals surface area contributed by atoms with Gasteiger partial charge in [-0.1, -0.05) is 0 Å². The van der Waals surface area contributed by atoms with Crippen molar-refractivity contribution in [2.24, 2.45) is 0 Å². The van der Waals surface area contributed by atoms with E-state index in [0.29, 0.717) is 19.8 Å². The average molecular weight is 344 g/mol. The zero-order valence-corrected chi connectivity index (χ0v) is 13.6. The van der Waals surface area contributed by atoms with Crippen LogP contribution in [-0.2, 0) is 14.8 Å². The van der Waals surface area contributed by atoms with Crippen molar-refractivity contribution in [3.63, 3.8) is 0 Å². The van der Waals surface area contributed by atoms with Gasteiger partial charge in [-0.2, -0.15) is 0 Å². The summed E-state index contributed by atoms with van der Waals surface area (Å²) in [4.78, 5) is 13.0. The lowest BCUT2D eigenvalue weighted by molar-refractivity contribution is 0.0395. The zero-order chi connectivity index (χ0) is 17.0. The number of nitrogens with zero attached hydrogens (tertiary/aromatic N) is 2. The summed E-state index contributed by atoms with van der Waals surface area (Å²) >= 11 is 0. The SMILES string of the molecule is CS(=O)(=O)N(CCN1CCOCC1)c1ccc(C(=O)O)c(O)c1. The lowest BCUT2D eigenvalue weighted by Crippen LogP contribution is -2.43. The number of anilines is 1. The van der Waals surface area contributed by atoms with E-state index in [4.69, 9.17) is 9.84 Å². The summed E-state index contributed by atoms with van der Waals surface area (Å²) in [6.07, 6.45) is 1.08. The highest BCUT2D eigenvalue weighted by Crippen LogP contribution is 2.26. The standard InChI is InChI=1S/C14H20N2O6S/c1-23(20,21)16(5-4-15-6-8-22-9-7-15)11-2-3-12(14(18)19)13(17)10-11/h2-3,10,17H,4-9H2,1H3,(H,18,19). The van der Waals surface area contributed by atoms with Gasteiger partial charge in [0.15, 0.2) is 0 Å². The molecule has 0 spiro atoms. The van der Waals surface area contributed by atoms with E-state index in [2.05, 4.69) is 4.90 Å². The molecule has 9 heteroatoms. The Bertz CT molecular complexity index is 670. The molecule has 1 aliphatic rings. The summed E-state index contributed by atoms with van der Waals surface area (Å²) in [6, 6.07) is 3.73. The first kappa shape index (κ1) is 17.5. The summed E-state index contributed by atoms with van der Waals surface area (Å²) in [6.45, 7) is 3.45. The van der Waals surface area contributed by atoms with Gasteiger partial charge in [0.2, 0.25) is 10.0 Å². The molecule has 0 aromatic heterocycles. The molecule has 1 aromatic rings. The van der Waals surface area contributed by atoms with Crippen LogP contribution in [0, 0.1) is 0 Å². The van der Waals surface area contributed by atoms with Gasteiger partial charge >= 0.3 is 5.97 Å². The third-order valence-corrected chi connectivity index (χ3v) is 4.82. The van der Waals surface area contributed by atoms with Gasteiger partial charge in [-0.15, -0.1) is 0 Å². The molecule has 23 heavy (non-hydrogen) atoms. The number of phenols is 1. The smallest absolute Gasteiger partial charge is 0.339 e. The first-order chi connectivity index (χ1) is 10.8. The van der Waals surface area contributed by atoms with E-state index in [1.807, 2.05) is 0 Å². The largest absolute Gasteiger partial charge is 0.507 e. The predicted molar refractivity (Wildman–Crippen MR) is 84.5 cm³/mol. The van der Waals surface area contributed by atoms with Gasteiger partial charge in [0, 0.05) is 32.2 Å². The monoisotopic (exact) mass is 344 g/mol. The van der Waals surface area contributed by atoms with Crippen LogP contribution < -0.4 is 4.31 Å². The Morgan fingerprint density at radius 1 is 1.35 bits per heavy atom. The third kappa shape index (κ3) is 4.57. The van der Waals surface area contributed by atoms with E-state index in [-0.39, 0.29) is 17.8 Å². The van der Waals surface area contributed by atoms with Crippen LogP contribution >= 0.6 is 0 Å². The molecule has 1 heterocycles. The van der Waals surface area contributed by atoms with E-state index in [9.17, 15) is 18.3 Å². The topological polar surface area (TPSA) is 107 Å². The van der Waals surface area contributed by atoms with E-state index in [0.717, 1.165) is 29.7 Å². The fourth-order valence-electron chi connectivity index (χ4n) is 2.40. The number of hydrogen-bond acceptors (Lipinski definition) is 6. The number of aromatic hydroxyl groups is 1. The molecule has 0 unspecified atom stereocenters. The predicted octanol–water partition coefficient (Wildman–Crippen LogP) is 0.189. The third-order valence-electron chi connectivity index (χ3n) is 3.62.